The van der Waals surface area contributed by atoms with Gasteiger partial charge in [-0.3, -0.25) is 4.90 Å². The first kappa shape index (κ1) is 20.2. The molecule has 0 aliphatic carbocycles. The Morgan fingerprint density at radius 2 is 1.59 bits per heavy atom. The quantitative estimate of drug-likeness (QED) is 0.685. The van der Waals surface area contributed by atoms with Gasteiger partial charge in [0.25, 0.3) is 0 Å². The second-order valence-electron chi connectivity index (χ2n) is 7.61. The van der Waals surface area contributed by atoms with E-state index in [-0.39, 0.29) is 16.4 Å². The molecule has 2 atom stereocenters. The molecule has 0 spiro atoms. The number of aryl methyl sites for hydroxylation is 1. The Morgan fingerprint density at radius 1 is 0.966 bits per heavy atom. The molecule has 2 aliphatic heterocycles. The second kappa shape index (κ2) is 7.66. The fourth-order valence-corrected chi connectivity index (χ4v) is 8.87. The minimum Gasteiger partial charge on any atom is -0.338 e. The van der Waals surface area contributed by atoms with Crippen molar-refractivity contribution in [2.75, 3.05) is 42.6 Å². The summed E-state index contributed by atoms with van der Waals surface area (Å²) in [5, 5.41) is -0.949. The third kappa shape index (κ3) is 4.15. The molecule has 0 radical (unpaired) electrons. The highest BCUT2D eigenvalue weighted by atomic mass is 32.2. The van der Waals surface area contributed by atoms with E-state index in [4.69, 9.17) is 0 Å². The lowest BCUT2D eigenvalue weighted by Gasteiger charge is -2.39. The molecule has 1 aromatic heterocycles. The number of piperazine rings is 1. The second-order valence-corrected chi connectivity index (χ2v) is 11.9. The molecule has 2 aliphatic rings. The van der Waals surface area contributed by atoms with Crippen LogP contribution in [0, 0.1) is 6.92 Å². The number of hydrogen-bond acceptors (Lipinski definition) is 8. The summed E-state index contributed by atoms with van der Waals surface area (Å²) < 4.78 is 51.3. The van der Waals surface area contributed by atoms with Crippen LogP contribution >= 0.6 is 0 Å². The predicted octanol–water partition coefficient (Wildman–Crippen LogP) is 0.547. The predicted molar refractivity (Wildman–Crippen MR) is 110 cm³/mol. The van der Waals surface area contributed by atoms with Gasteiger partial charge in [-0.15, -0.1) is 0 Å². The molecule has 8 nitrogen and oxygen atoms in total. The van der Waals surface area contributed by atoms with E-state index < -0.39 is 31.0 Å². The van der Waals surface area contributed by atoms with Crippen LogP contribution < -0.4 is 4.90 Å². The summed E-state index contributed by atoms with van der Waals surface area (Å²) in [6, 6.07) is 7.83. The van der Waals surface area contributed by atoms with Gasteiger partial charge in [-0.25, -0.2) is 26.8 Å². The zero-order valence-corrected chi connectivity index (χ0v) is 17.8. The molecule has 3 heterocycles. The number of anilines is 1. The van der Waals surface area contributed by atoms with Gasteiger partial charge in [0.1, 0.15) is 0 Å². The average Bonchev–Trinajstić information content (AvgIpc) is 3.05. The number of aromatic nitrogens is 2. The Morgan fingerprint density at radius 3 is 2.21 bits per heavy atom. The molecular weight excluding hydrogens is 412 g/mol. The van der Waals surface area contributed by atoms with Crippen molar-refractivity contribution in [2.24, 2.45) is 0 Å². The van der Waals surface area contributed by atoms with Gasteiger partial charge in [-0.1, -0.05) is 17.7 Å². The lowest BCUT2D eigenvalue weighted by atomic mass is 10.2. The topological polar surface area (TPSA) is 101 Å². The summed E-state index contributed by atoms with van der Waals surface area (Å²) in [4.78, 5) is 12.7. The molecule has 4 rings (SSSR count). The first-order chi connectivity index (χ1) is 13.8. The van der Waals surface area contributed by atoms with Crippen LogP contribution in [0.5, 0.6) is 0 Å². The van der Waals surface area contributed by atoms with E-state index in [0.717, 1.165) is 5.56 Å². The first-order valence-electron chi connectivity index (χ1n) is 9.53. The average molecular weight is 437 g/mol. The number of benzene rings is 1. The zero-order chi connectivity index (χ0) is 20.6. The molecule has 2 aromatic rings. The monoisotopic (exact) mass is 436 g/mol. The van der Waals surface area contributed by atoms with Gasteiger partial charge in [0.2, 0.25) is 5.95 Å². The SMILES string of the molecule is Cc1ccc(S(=O)(=O)[C@H]2CS(=O)(=O)C[C@@H]2N2CCN(c3ncccn3)CC2)cc1. The van der Waals surface area contributed by atoms with Crippen LogP contribution in [0.4, 0.5) is 5.95 Å². The van der Waals surface area contributed by atoms with Gasteiger partial charge in [0, 0.05) is 44.6 Å². The van der Waals surface area contributed by atoms with E-state index in [2.05, 4.69) is 9.97 Å². The van der Waals surface area contributed by atoms with Crippen molar-refractivity contribution in [1.29, 1.82) is 0 Å². The fraction of sp³-hybridized carbons (Fsp3) is 0.474. The normalized spacial score (nSPS) is 25.2. The summed E-state index contributed by atoms with van der Waals surface area (Å²) in [6.07, 6.45) is 3.37. The van der Waals surface area contributed by atoms with Crippen molar-refractivity contribution in [3.63, 3.8) is 0 Å². The first-order valence-corrected chi connectivity index (χ1v) is 12.9. The van der Waals surface area contributed by atoms with Crippen molar-refractivity contribution in [1.82, 2.24) is 14.9 Å². The van der Waals surface area contributed by atoms with Crippen LogP contribution in [-0.4, -0.2) is 80.7 Å². The Balaban J connectivity index is 1.55. The summed E-state index contributed by atoms with van der Waals surface area (Å²) in [7, 11) is -7.17. The molecule has 2 saturated heterocycles. The zero-order valence-electron chi connectivity index (χ0n) is 16.2. The summed E-state index contributed by atoms with van der Waals surface area (Å²) in [5.74, 6) is 0.190. The van der Waals surface area contributed by atoms with E-state index in [0.29, 0.717) is 32.1 Å². The van der Waals surface area contributed by atoms with Crippen LogP contribution in [0.15, 0.2) is 47.6 Å². The molecular formula is C19H24N4O4S2. The number of hydrogen-bond donors (Lipinski definition) is 0. The van der Waals surface area contributed by atoms with Gasteiger partial charge in [0.05, 0.1) is 21.7 Å². The minimum absolute atomic E-state index is 0.120. The number of rotatable bonds is 4. The molecule has 29 heavy (non-hydrogen) atoms. The smallest absolute Gasteiger partial charge is 0.225 e. The molecule has 156 valence electrons. The maximum atomic E-state index is 13.3. The van der Waals surface area contributed by atoms with E-state index in [1.165, 1.54) is 0 Å². The molecule has 10 heteroatoms. The van der Waals surface area contributed by atoms with Gasteiger partial charge < -0.3 is 4.90 Å². The van der Waals surface area contributed by atoms with Crippen LogP contribution in [0.1, 0.15) is 5.56 Å². The van der Waals surface area contributed by atoms with Crippen molar-refractivity contribution in [2.45, 2.75) is 23.1 Å². The Hall–Kier alpha value is -2.04. The molecule has 0 amide bonds. The van der Waals surface area contributed by atoms with E-state index in [9.17, 15) is 16.8 Å². The van der Waals surface area contributed by atoms with Gasteiger partial charge in [0.15, 0.2) is 19.7 Å². The maximum Gasteiger partial charge on any atom is 0.225 e. The molecule has 0 bridgehead atoms. The van der Waals surface area contributed by atoms with E-state index >= 15 is 0 Å². The molecule has 0 saturated carbocycles. The third-order valence-corrected chi connectivity index (χ3v) is 9.77. The van der Waals surface area contributed by atoms with Crippen molar-refractivity contribution in [3.05, 3.63) is 48.3 Å². The summed E-state index contributed by atoms with van der Waals surface area (Å²) >= 11 is 0. The Labute approximate surface area is 171 Å². The fourth-order valence-electron chi connectivity index (χ4n) is 4.04. The standard InChI is InChI=1S/C19H24N4O4S2/c1-15-3-5-16(6-4-15)29(26,27)18-14-28(24,25)13-17(18)22-9-11-23(12-10-22)19-20-7-2-8-21-19/h2-8,17-18H,9-14H2,1H3/t17-,18-/m0/s1. The van der Waals surface area contributed by atoms with Crippen molar-refractivity contribution < 1.29 is 16.8 Å². The Kier molecular flexibility index (Phi) is 5.34. The summed E-state index contributed by atoms with van der Waals surface area (Å²) in [6.45, 7) is 4.27. The van der Waals surface area contributed by atoms with Crippen LogP contribution in [-0.2, 0) is 19.7 Å². The lowest BCUT2D eigenvalue weighted by molar-refractivity contribution is 0.201. The molecule has 2 fully saturated rings. The maximum absolute atomic E-state index is 13.3. The molecule has 0 unspecified atom stereocenters. The van der Waals surface area contributed by atoms with E-state index in [1.54, 1.807) is 42.7 Å². The van der Waals surface area contributed by atoms with Gasteiger partial charge in [-0.2, -0.15) is 0 Å². The van der Waals surface area contributed by atoms with Gasteiger partial charge >= 0.3 is 0 Å². The van der Waals surface area contributed by atoms with Crippen LogP contribution in [0.2, 0.25) is 0 Å². The Bertz CT molecular complexity index is 1060. The van der Waals surface area contributed by atoms with Crippen LogP contribution in [0.3, 0.4) is 0 Å². The van der Waals surface area contributed by atoms with Crippen LogP contribution in [0.25, 0.3) is 0 Å². The van der Waals surface area contributed by atoms with Crippen molar-refractivity contribution >= 4 is 25.6 Å². The highest BCUT2D eigenvalue weighted by Crippen LogP contribution is 2.30. The third-order valence-electron chi connectivity index (χ3n) is 5.64. The minimum atomic E-state index is -3.75. The summed E-state index contributed by atoms with van der Waals surface area (Å²) in [5.41, 5.74) is 0.957. The van der Waals surface area contributed by atoms with Gasteiger partial charge in [-0.05, 0) is 25.1 Å². The highest BCUT2D eigenvalue weighted by Gasteiger charge is 2.48. The highest BCUT2D eigenvalue weighted by molar-refractivity contribution is 7.96. The number of sulfone groups is 2. The van der Waals surface area contributed by atoms with Crippen molar-refractivity contribution in [3.8, 4) is 0 Å². The molecule has 0 N–H and O–H groups in total. The lowest BCUT2D eigenvalue weighted by Crippen LogP contribution is -2.55. The van der Waals surface area contributed by atoms with E-state index in [1.807, 2.05) is 16.7 Å². The number of nitrogens with zero attached hydrogens (tertiary/aromatic N) is 4. The molecule has 1 aromatic carbocycles. The largest absolute Gasteiger partial charge is 0.338 e.